The Morgan fingerprint density at radius 2 is 1.96 bits per heavy atom. The standard InChI is InChI=1S/C17H16ClN3OS/c1-21-14-8-4-3-7-13(14)20-16(21)10-19-17(22)11-23-15-9-5-2-6-12(15)18/h2-9H,10-11H2,1H3,(H,19,22). The number of nitrogens with one attached hydrogen (secondary N) is 1. The molecule has 0 fully saturated rings. The highest BCUT2D eigenvalue weighted by Crippen LogP contribution is 2.26. The van der Waals surface area contributed by atoms with Crippen molar-refractivity contribution in [2.75, 3.05) is 5.75 Å². The number of halogens is 1. The maximum absolute atomic E-state index is 12.0. The van der Waals surface area contributed by atoms with Gasteiger partial charge in [0, 0.05) is 11.9 Å². The molecule has 0 saturated carbocycles. The Morgan fingerprint density at radius 1 is 1.22 bits per heavy atom. The summed E-state index contributed by atoms with van der Waals surface area (Å²) in [6.45, 7) is 0.410. The molecule has 0 atom stereocenters. The normalized spacial score (nSPS) is 10.9. The van der Waals surface area contributed by atoms with E-state index in [2.05, 4.69) is 10.3 Å². The summed E-state index contributed by atoms with van der Waals surface area (Å²) in [4.78, 5) is 17.5. The van der Waals surface area contributed by atoms with Crippen molar-refractivity contribution >= 4 is 40.3 Å². The molecule has 6 heteroatoms. The van der Waals surface area contributed by atoms with Gasteiger partial charge in [-0.2, -0.15) is 0 Å². The highest BCUT2D eigenvalue weighted by molar-refractivity contribution is 8.00. The second kappa shape index (κ2) is 7.06. The Kier molecular flexibility index (Phi) is 4.88. The first kappa shape index (κ1) is 15.9. The van der Waals surface area contributed by atoms with Gasteiger partial charge in [0.05, 0.1) is 28.4 Å². The molecule has 1 heterocycles. The molecule has 2 aromatic carbocycles. The number of hydrogen-bond acceptors (Lipinski definition) is 3. The quantitative estimate of drug-likeness (QED) is 0.718. The highest BCUT2D eigenvalue weighted by Gasteiger charge is 2.09. The third kappa shape index (κ3) is 3.68. The van der Waals surface area contributed by atoms with Crippen LogP contribution in [0.15, 0.2) is 53.4 Å². The molecule has 1 N–H and O–H groups in total. The van der Waals surface area contributed by atoms with E-state index in [1.807, 2.05) is 60.1 Å². The average Bonchev–Trinajstić information content (AvgIpc) is 2.89. The Balaban J connectivity index is 1.58. The molecule has 0 spiro atoms. The summed E-state index contributed by atoms with van der Waals surface area (Å²) in [5.41, 5.74) is 1.99. The number of fused-ring (bicyclic) bond motifs is 1. The average molecular weight is 346 g/mol. The first-order chi connectivity index (χ1) is 11.1. The molecule has 118 valence electrons. The van der Waals surface area contributed by atoms with Crippen LogP contribution in [0.2, 0.25) is 5.02 Å². The molecule has 23 heavy (non-hydrogen) atoms. The number of carbonyl (C=O) groups is 1. The van der Waals surface area contributed by atoms with Crippen LogP contribution in [-0.4, -0.2) is 21.2 Å². The number of benzene rings is 2. The molecule has 3 aromatic rings. The van der Waals surface area contributed by atoms with Crippen LogP contribution in [0.4, 0.5) is 0 Å². The van der Waals surface area contributed by atoms with Crippen molar-refractivity contribution < 1.29 is 4.79 Å². The molecule has 0 saturated heterocycles. The second-order valence-electron chi connectivity index (χ2n) is 5.07. The maximum atomic E-state index is 12.0. The Labute approximate surface area is 143 Å². The number of aryl methyl sites for hydroxylation is 1. The molecular weight excluding hydrogens is 330 g/mol. The molecule has 0 bridgehead atoms. The van der Waals surface area contributed by atoms with Gasteiger partial charge in [-0.05, 0) is 24.3 Å². The summed E-state index contributed by atoms with van der Waals surface area (Å²) in [6, 6.07) is 15.4. The molecule has 1 aromatic heterocycles. The molecule has 4 nitrogen and oxygen atoms in total. The van der Waals surface area contributed by atoms with Gasteiger partial charge in [0.15, 0.2) is 0 Å². The van der Waals surface area contributed by atoms with E-state index in [1.165, 1.54) is 11.8 Å². The predicted octanol–water partition coefficient (Wildman–Crippen LogP) is 3.64. The summed E-state index contributed by atoms with van der Waals surface area (Å²) >= 11 is 7.51. The van der Waals surface area contributed by atoms with Gasteiger partial charge in [-0.3, -0.25) is 4.79 Å². The summed E-state index contributed by atoms with van der Waals surface area (Å²) in [5.74, 6) is 1.12. The fourth-order valence-corrected chi connectivity index (χ4v) is 3.36. The van der Waals surface area contributed by atoms with Gasteiger partial charge in [0.2, 0.25) is 5.91 Å². The number of rotatable bonds is 5. The van der Waals surface area contributed by atoms with E-state index in [4.69, 9.17) is 11.6 Å². The van der Waals surface area contributed by atoms with Crippen LogP contribution in [0.1, 0.15) is 5.82 Å². The van der Waals surface area contributed by atoms with Gasteiger partial charge in [-0.15, -0.1) is 11.8 Å². The minimum atomic E-state index is -0.0398. The zero-order valence-electron chi connectivity index (χ0n) is 12.6. The molecule has 0 unspecified atom stereocenters. The van der Waals surface area contributed by atoms with Crippen LogP contribution in [-0.2, 0) is 18.4 Å². The molecule has 1 amide bonds. The van der Waals surface area contributed by atoms with Crippen molar-refractivity contribution in [3.8, 4) is 0 Å². The van der Waals surface area contributed by atoms with Crippen LogP contribution in [0.25, 0.3) is 11.0 Å². The van der Waals surface area contributed by atoms with Gasteiger partial charge in [-0.25, -0.2) is 4.98 Å². The van der Waals surface area contributed by atoms with Crippen molar-refractivity contribution in [3.05, 3.63) is 59.4 Å². The van der Waals surface area contributed by atoms with Gasteiger partial charge in [-0.1, -0.05) is 35.9 Å². The van der Waals surface area contributed by atoms with Crippen LogP contribution in [0, 0.1) is 0 Å². The van der Waals surface area contributed by atoms with Gasteiger partial charge in [0.25, 0.3) is 0 Å². The number of imidazole rings is 1. The van der Waals surface area contributed by atoms with Gasteiger partial charge in [0.1, 0.15) is 5.82 Å². The molecule has 0 aliphatic rings. The summed E-state index contributed by atoms with van der Waals surface area (Å²) in [7, 11) is 1.95. The van der Waals surface area contributed by atoms with E-state index < -0.39 is 0 Å². The minimum Gasteiger partial charge on any atom is -0.348 e. The second-order valence-corrected chi connectivity index (χ2v) is 6.50. The van der Waals surface area contributed by atoms with E-state index >= 15 is 0 Å². The van der Waals surface area contributed by atoms with Crippen LogP contribution >= 0.6 is 23.4 Å². The Bertz CT molecular complexity index is 847. The maximum Gasteiger partial charge on any atom is 0.230 e. The zero-order valence-corrected chi connectivity index (χ0v) is 14.2. The largest absolute Gasteiger partial charge is 0.348 e. The van der Waals surface area contributed by atoms with Crippen LogP contribution in [0.5, 0.6) is 0 Å². The lowest BCUT2D eigenvalue weighted by Crippen LogP contribution is -2.26. The fraction of sp³-hybridized carbons (Fsp3) is 0.176. The number of nitrogens with zero attached hydrogens (tertiary/aromatic N) is 2. The van der Waals surface area contributed by atoms with Crippen molar-refractivity contribution in [3.63, 3.8) is 0 Å². The molecule has 0 aliphatic carbocycles. The van der Waals surface area contributed by atoms with E-state index in [1.54, 1.807) is 0 Å². The third-order valence-electron chi connectivity index (χ3n) is 3.52. The minimum absolute atomic E-state index is 0.0398. The number of amides is 1. The lowest BCUT2D eigenvalue weighted by molar-refractivity contribution is -0.118. The van der Waals surface area contributed by atoms with E-state index in [-0.39, 0.29) is 5.91 Å². The molecule has 0 radical (unpaired) electrons. The predicted molar refractivity (Wildman–Crippen MR) is 94.7 cm³/mol. The van der Waals surface area contributed by atoms with E-state index in [0.717, 1.165) is 21.8 Å². The number of aromatic nitrogens is 2. The smallest absolute Gasteiger partial charge is 0.230 e. The first-order valence-corrected chi connectivity index (χ1v) is 8.56. The lowest BCUT2D eigenvalue weighted by atomic mass is 10.3. The number of para-hydroxylation sites is 2. The topological polar surface area (TPSA) is 46.9 Å². The summed E-state index contributed by atoms with van der Waals surface area (Å²) in [6.07, 6.45) is 0. The molecular formula is C17H16ClN3OS. The van der Waals surface area contributed by atoms with Crippen molar-refractivity contribution in [2.45, 2.75) is 11.4 Å². The molecule has 0 aliphatic heterocycles. The summed E-state index contributed by atoms with van der Waals surface area (Å²) < 4.78 is 2.00. The zero-order chi connectivity index (χ0) is 16.2. The van der Waals surface area contributed by atoms with Gasteiger partial charge < -0.3 is 9.88 Å². The highest BCUT2D eigenvalue weighted by atomic mass is 35.5. The SMILES string of the molecule is Cn1c(CNC(=O)CSc2ccccc2Cl)nc2ccccc21. The van der Waals surface area contributed by atoms with Crippen molar-refractivity contribution in [1.29, 1.82) is 0 Å². The Hall–Kier alpha value is -1.98. The van der Waals surface area contributed by atoms with Crippen molar-refractivity contribution in [2.24, 2.45) is 7.05 Å². The summed E-state index contributed by atoms with van der Waals surface area (Å²) in [5, 5.41) is 3.57. The number of carbonyl (C=O) groups excluding carboxylic acids is 1. The first-order valence-electron chi connectivity index (χ1n) is 7.19. The van der Waals surface area contributed by atoms with E-state index in [0.29, 0.717) is 17.3 Å². The Morgan fingerprint density at radius 3 is 2.74 bits per heavy atom. The van der Waals surface area contributed by atoms with Crippen LogP contribution < -0.4 is 5.32 Å². The van der Waals surface area contributed by atoms with Crippen LogP contribution in [0.3, 0.4) is 0 Å². The van der Waals surface area contributed by atoms with E-state index in [9.17, 15) is 4.79 Å². The van der Waals surface area contributed by atoms with Crippen molar-refractivity contribution in [1.82, 2.24) is 14.9 Å². The molecule has 3 rings (SSSR count). The fourth-order valence-electron chi connectivity index (χ4n) is 2.29. The number of hydrogen-bond donors (Lipinski definition) is 1. The number of thioether (sulfide) groups is 1. The monoisotopic (exact) mass is 345 g/mol. The third-order valence-corrected chi connectivity index (χ3v) is 5.03. The lowest BCUT2D eigenvalue weighted by Gasteiger charge is -2.06. The van der Waals surface area contributed by atoms with Gasteiger partial charge >= 0.3 is 0 Å².